The van der Waals surface area contributed by atoms with Crippen molar-refractivity contribution in [3.63, 3.8) is 0 Å². The Morgan fingerprint density at radius 1 is 1.10 bits per heavy atom. The van der Waals surface area contributed by atoms with Gasteiger partial charge in [0.15, 0.2) is 0 Å². The zero-order valence-electron chi connectivity index (χ0n) is 16.3. The summed E-state index contributed by atoms with van der Waals surface area (Å²) in [4.78, 5) is 16.2. The average molecular weight is 423 g/mol. The number of rotatable bonds is 8. The third-order valence-electron chi connectivity index (χ3n) is 4.12. The van der Waals surface area contributed by atoms with Crippen LogP contribution >= 0.6 is 0 Å². The van der Waals surface area contributed by atoms with Gasteiger partial charge in [0.25, 0.3) is 15.9 Å². The van der Waals surface area contributed by atoms with Crippen LogP contribution in [0.3, 0.4) is 0 Å². The van der Waals surface area contributed by atoms with Crippen LogP contribution < -0.4 is 14.8 Å². The number of nitrogens with one attached hydrogen (secondary N) is 2. The second-order valence-electron chi connectivity index (χ2n) is 6.38. The number of carbonyl (C=O) groups excluding carboxylic acids is 1. The van der Waals surface area contributed by atoms with Gasteiger partial charge >= 0.3 is 0 Å². The van der Waals surface area contributed by atoms with Crippen molar-refractivity contribution in [2.45, 2.75) is 11.8 Å². The number of hydrogen-bond acceptors (Lipinski definition) is 5. The minimum absolute atomic E-state index is 0.228. The van der Waals surface area contributed by atoms with Crippen molar-refractivity contribution < 1.29 is 17.9 Å². The molecule has 0 aliphatic carbocycles. The number of ether oxygens (including phenoxy) is 1. The summed E-state index contributed by atoms with van der Waals surface area (Å²) in [5.74, 6) is 0.535. The highest BCUT2D eigenvalue weighted by molar-refractivity contribution is 7.92. The van der Waals surface area contributed by atoms with Gasteiger partial charge < -0.3 is 10.1 Å². The number of benzene rings is 2. The molecule has 0 aliphatic rings. The van der Waals surface area contributed by atoms with Crippen LogP contribution in [0.25, 0.3) is 0 Å². The van der Waals surface area contributed by atoms with E-state index in [4.69, 9.17) is 4.74 Å². The molecule has 0 fully saturated rings. The molecular formula is C22H21N3O4S. The number of aryl methyl sites for hydroxylation is 1. The van der Waals surface area contributed by atoms with E-state index in [1.807, 2.05) is 0 Å². The fraction of sp³-hybridized carbons (Fsp3) is 0.0909. The average Bonchev–Trinajstić information content (AvgIpc) is 2.74. The lowest BCUT2D eigenvalue weighted by Crippen LogP contribution is -2.23. The molecule has 0 aliphatic heterocycles. The number of pyridine rings is 1. The minimum Gasteiger partial charge on any atom is -0.439 e. The molecule has 0 radical (unpaired) electrons. The molecule has 0 bridgehead atoms. The van der Waals surface area contributed by atoms with Gasteiger partial charge in [-0.1, -0.05) is 24.3 Å². The van der Waals surface area contributed by atoms with Crippen LogP contribution in [0.15, 0.2) is 84.4 Å². The summed E-state index contributed by atoms with van der Waals surface area (Å²) >= 11 is 0. The maximum atomic E-state index is 12.6. The number of hydrogen-bond donors (Lipinski definition) is 2. The molecule has 2 N–H and O–H groups in total. The van der Waals surface area contributed by atoms with Crippen molar-refractivity contribution in [2.75, 3.05) is 11.3 Å². The molecule has 8 heteroatoms. The normalized spacial score (nSPS) is 10.8. The predicted molar refractivity (Wildman–Crippen MR) is 115 cm³/mol. The molecule has 7 nitrogen and oxygen atoms in total. The van der Waals surface area contributed by atoms with E-state index in [1.54, 1.807) is 73.7 Å². The van der Waals surface area contributed by atoms with E-state index in [2.05, 4.69) is 21.6 Å². The molecule has 30 heavy (non-hydrogen) atoms. The van der Waals surface area contributed by atoms with Crippen LogP contribution in [-0.4, -0.2) is 25.9 Å². The number of amides is 1. The minimum atomic E-state index is -3.68. The molecule has 0 saturated heterocycles. The fourth-order valence-electron chi connectivity index (χ4n) is 2.62. The monoisotopic (exact) mass is 423 g/mol. The van der Waals surface area contributed by atoms with Crippen molar-refractivity contribution in [2.24, 2.45) is 0 Å². The quantitative estimate of drug-likeness (QED) is 0.536. The zero-order chi connectivity index (χ0) is 21.6. The van der Waals surface area contributed by atoms with Crippen LogP contribution in [0.1, 0.15) is 15.9 Å². The van der Waals surface area contributed by atoms with Crippen molar-refractivity contribution >= 4 is 21.6 Å². The number of carbonyl (C=O) groups is 1. The molecule has 3 rings (SSSR count). The van der Waals surface area contributed by atoms with Crippen molar-refractivity contribution in [1.82, 2.24) is 10.3 Å². The standard InChI is InChI=1S/C22H21N3O4S/c1-3-14-23-22(26)17-8-13-21(24-15-17)29-19-11-9-18(10-12-19)25-30(27,28)20-7-5-4-6-16(20)2/h3-13,15,25H,1,14H2,2H3,(H,23,26). The second kappa shape index (κ2) is 9.23. The van der Waals surface area contributed by atoms with Crippen LogP contribution in [0, 0.1) is 6.92 Å². The Labute approximate surface area is 175 Å². The predicted octanol–water partition coefficient (Wildman–Crippen LogP) is 3.90. The van der Waals surface area contributed by atoms with Crippen LogP contribution in [0.4, 0.5) is 5.69 Å². The second-order valence-corrected chi connectivity index (χ2v) is 8.03. The molecule has 0 unspecified atom stereocenters. The van der Waals surface area contributed by atoms with E-state index in [0.717, 1.165) is 0 Å². The summed E-state index contributed by atoms with van der Waals surface area (Å²) in [6, 6.07) is 16.4. The van der Waals surface area contributed by atoms with Gasteiger partial charge in [-0.2, -0.15) is 0 Å². The summed E-state index contributed by atoms with van der Waals surface area (Å²) in [5.41, 5.74) is 1.48. The Hall–Kier alpha value is -3.65. The third kappa shape index (κ3) is 5.24. The van der Waals surface area contributed by atoms with Gasteiger partial charge in [0.2, 0.25) is 5.88 Å². The van der Waals surface area contributed by atoms with E-state index in [9.17, 15) is 13.2 Å². The van der Waals surface area contributed by atoms with E-state index in [0.29, 0.717) is 35.0 Å². The SMILES string of the molecule is C=CCNC(=O)c1ccc(Oc2ccc(NS(=O)(=O)c3ccccc3C)cc2)nc1. The molecular weight excluding hydrogens is 402 g/mol. The van der Waals surface area contributed by atoms with Gasteiger partial charge in [0, 0.05) is 24.5 Å². The lowest BCUT2D eigenvalue weighted by molar-refractivity contribution is 0.0957. The molecule has 1 aromatic heterocycles. The Morgan fingerprint density at radius 3 is 2.47 bits per heavy atom. The van der Waals surface area contributed by atoms with Gasteiger partial charge in [0.1, 0.15) is 5.75 Å². The molecule has 2 aromatic carbocycles. The molecule has 0 atom stereocenters. The maximum Gasteiger partial charge on any atom is 0.262 e. The Kier molecular flexibility index (Phi) is 6.48. The highest BCUT2D eigenvalue weighted by Crippen LogP contribution is 2.24. The highest BCUT2D eigenvalue weighted by Gasteiger charge is 2.16. The molecule has 154 valence electrons. The number of nitrogens with zero attached hydrogens (tertiary/aromatic N) is 1. The largest absolute Gasteiger partial charge is 0.439 e. The Morgan fingerprint density at radius 2 is 1.83 bits per heavy atom. The summed E-state index contributed by atoms with van der Waals surface area (Å²) in [6.07, 6.45) is 3.01. The Bertz CT molecular complexity index is 1140. The Balaban J connectivity index is 1.65. The van der Waals surface area contributed by atoms with Gasteiger partial charge in [-0.15, -0.1) is 6.58 Å². The molecule has 1 heterocycles. The molecule has 1 amide bonds. The first kappa shape index (κ1) is 21.1. The number of sulfonamides is 1. The van der Waals surface area contributed by atoms with E-state index in [1.165, 1.54) is 6.20 Å². The van der Waals surface area contributed by atoms with Crippen molar-refractivity contribution in [3.05, 3.63) is 90.6 Å². The topological polar surface area (TPSA) is 97.4 Å². The lowest BCUT2D eigenvalue weighted by atomic mass is 10.2. The summed E-state index contributed by atoms with van der Waals surface area (Å²) in [7, 11) is -3.68. The third-order valence-corrected chi connectivity index (χ3v) is 5.66. The summed E-state index contributed by atoms with van der Waals surface area (Å²) < 4.78 is 33.3. The van der Waals surface area contributed by atoms with Crippen LogP contribution in [0.5, 0.6) is 11.6 Å². The lowest BCUT2D eigenvalue weighted by Gasteiger charge is -2.11. The van der Waals surface area contributed by atoms with Gasteiger partial charge in [-0.05, 0) is 48.9 Å². The fourth-order valence-corrected chi connectivity index (χ4v) is 3.93. The summed E-state index contributed by atoms with van der Waals surface area (Å²) in [6.45, 7) is 5.66. The molecule has 0 spiro atoms. The van der Waals surface area contributed by atoms with Gasteiger partial charge in [-0.25, -0.2) is 13.4 Å². The first-order valence-electron chi connectivity index (χ1n) is 9.10. The van der Waals surface area contributed by atoms with Crippen molar-refractivity contribution in [1.29, 1.82) is 0 Å². The van der Waals surface area contributed by atoms with Crippen LogP contribution in [0.2, 0.25) is 0 Å². The van der Waals surface area contributed by atoms with E-state index in [-0.39, 0.29) is 10.8 Å². The molecule has 0 saturated carbocycles. The van der Waals surface area contributed by atoms with E-state index >= 15 is 0 Å². The summed E-state index contributed by atoms with van der Waals surface area (Å²) in [5, 5.41) is 2.66. The highest BCUT2D eigenvalue weighted by atomic mass is 32.2. The van der Waals surface area contributed by atoms with Gasteiger partial charge in [0.05, 0.1) is 10.5 Å². The van der Waals surface area contributed by atoms with Crippen LogP contribution in [-0.2, 0) is 10.0 Å². The van der Waals surface area contributed by atoms with Crippen molar-refractivity contribution in [3.8, 4) is 11.6 Å². The smallest absolute Gasteiger partial charge is 0.262 e. The first-order valence-corrected chi connectivity index (χ1v) is 10.6. The number of aromatic nitrogens is 1. The first-order chi connectivity index (χ1) is 14.4. The van der Waals surface area contributed by atoms with Gasteiger partial charge in [-0.3, -0.25) is 9.52 Å². The number of anilines is 1. The zero-order valence-corrected chi connectivity index (χ0v) is 17.1. The molecule has 3 aromatic rings. The maximum absolute atomic E-state index is 12.6. The van der Waals surface area contributed by atoms with E-state index < -0.39 is 10.0 Å².